The van der Waals surface area contributed by atoms with E-state index in [1.807, 2.05) is 13.1 Å². The first kappa shape index (κ1) is 15.1. The molecule has 1 unspecified atom stereocenters. The first-order valence-corrected chi connectivity index (χ1v) is 7.97. The summed E-state index contributed by atoms with van der Waals surface area (Å²) in [5.74, 6) is 0. The molecule has 2 heterocycles. The second-order valence-corrected chi connectivity index (χ2v) is 6.63. The van der Waals surface area contributed by atoms with Gasteiger partial charge >= 0.3 is 0 Å². The van der Waals surface area contributed by atoms with E-state index in [0.717, 1.165) is 17.1 Å². The molecule has 0 bridgehead atoms. The normalized spacial score (nSPS) is 12.9. The molecule has 20 heavy (non-hydrogen) atoms. The Morgan fingerprint density at radius 1 is 1.25 bits per heavy atom. The van der Waals surface area contributed by atoms with E-state index in [1.54, 1.807) is 11.3 Å². The Labute approximate surface area is 125 Å². The van der Waals surface area contributed by atoms with Gasteiger partial charge in [-0.05, 0) is 45.7 Å². The minimum atomic E-state index is 0.132. The molecular formula is C16H23N3S. The van der Waals surface area contributed by atoms with Crippen LogP contribution in [0.15, 0.2) is 18.3 Å². The van der Waals surface area contributed by atoms with Crippen molar-refractivity contribution in [2.45, 2.75) is 53.1 Å². The molecule has 0 aliphatic rings. The average Bonchev–Trinajstić information content (AvgIpc) is 2.78. The summed E-state index contributed by atoms with van der Waals surface area (Å²) < 4.78 is 0. The minimum Gasteiger partial charge on any atom is -0.302 e. The van der Waals surface area contributed by atoms with E-state index in [0.29, 0.717) is 6.04 Å². The number of hydrogen-bond donors (Lipinski definition) is 1. The van der Waals surface area contributed by atoms with E-state index in [-0.39, 0.29) is 6.04 Å². The van der Waals surface area contributed by atoms with Crippen molar-refractivity contribution in [3.63, 3.8) is 0 Å². The van der Waals surface area contributed by atoms with Crippen molar-refractivity contribution in [2.24, 2.45) is 0 Å². The fourth-order valence-electron chi connectivity index (χ4n) is 2.20. The third-order valence-corrected chi connectivity index (χ3v) is 4.34. The SMILES string of the molecule is CCc1nc(C(NC(C)C)c2ccc(C)nc2)sc1C. The molecule has 1 N–H and O–H groups in total. The third-order valence-electron chi connectivity index (χ3n) is 3.26. The zero-order chi connectivity index (χ0) is 14.7. The van der Waals surface area contributed by atoms with Crippen molar-refractivity contribution in [1.82, 2.24) is 15.3 Å². The van der Waals surface area contributed by atoms with Crippen LogP contribution in [0.3, 0.4) is 0 Å². The van der Waals surface area contributed by atoms with Crippen LogP contribution >= 0.6 is 11.3 Å². The lowest BCUT2D eigenvalue weighted by Crippen LogP contribution is -2.29. The van der Waals surface area contributed by atoms with E-state index < -0.39 is 0 Å². The summed E-state index contributed by atoms with van der Waals surface area (Å²) in [6, 6.07) is 4.73. The Morgan fingerprint density at radius 2 is 2.00 bits per heavy atom. The van der Waals surface area contributed by atoms with Crippen molar-refractivity contribution in [3.8, 4) is 0 Å². The van der Waals surface area contributed by atoms with E-state index in [9.17, 15) is 0 Å². The molecule has 0 saturated heterocycles. The summed E-state index contributed by atoms with van der Waals surface area (Å²) in [7, 11) is 0. The van der Waals surface area contributed by atoms with E-state index >= 15 is 0 Å². The Morgan fingerprint density at radius 3 is 2.50 bits per heavy atom. The predicted molar refractivity (Wildman–Crippen MR) is 85.3 cm³/mol. The topological polar surface area (TPSA) is 37.8 Å². The highest BCUT2D eigenvalue weighted by Crippen LogP contribution is 2.28. The fourth-order valence-corrected chi connectivity index (χ4v) is 3.29. The van der Waals surface area contributed by atoms with E-state index in [4.69, 9.17) is 4.98 Å². The average molecular weight is 289 g/mol. The van der Waals surface area contributed by atoms with Crippen LogP contribution in [0.1, 0.15) is 53.6 Å². The number of hydrogen-bond acceptors (Lipinski definition) is 4. The predicted octanol–water partition coefficient (Wildman–Crippen LogP) is 3.80. The van der Waals surface area contributed by atoms with Crippen LogP contribution in [-0.2, 0) is 6.42 Å². The zero-order valence-electron chi connectivity index (χ0n) is 12.9. The Kier molecular flexibility index (Phi) is 4.89. The van der Waals surface area contributed by atoms with Gasteiger partial charge in [0, 0.05) is 22.8 Å². The van der Waals surface area contributed by atoms with Crippen LogP contribution in [-0.4, -0.2) is 16.0 Å². The lowest BCUT2D eigenvalue weighted by molar-refractivity contribution is 0.525. The highest BCUT2D eigenvalue weighted by atomic mass is 32.1. The fraction of sp³-hybridized carbons (Fsp3) is 0.500. The van der Waals surface area contributed by atoms with E-state index in [2.05, 4.69) is 50.1 Å². The van der Waals surface area contributed by atoms with Gasteiger partial charge in [-0.1, -0.05) is 13.0 Å². The number of thiazole rings is 1. The molecule has 0 fully saturated rings. The first-order valence-electron chi connectivity index (χ1n) is 7.16. The van der Waals surface area contributed by atoms with Gasteiger partial charge in [0.2, 0.25) is 0 Å². The van der Waals surface area contributed by atoms with Gasteiger partial charge < -0.3 is 5.32 Å². The van der Waals surface area contributed by atoms with Crippen LogP contribution in [0.4, 0.5) is 0 Å². The first-order chi connectivity index (χ1) is 9.51. The molecule has 2 aromatic rings. The van der Waals surface area contributed by atoms with Crippen LogP contribution in [0.2, 0.25) is 0 Å². The van der Waals surface area contributed by atoms with Gasteiger partial charge in [-0.15, -0.1) is 11.3 Å². The number of pyridine rings is 1. The van der Waals surface area contributed by atoms with Crippen LogP contribution in [0, 0.1) is 13.8 Å². The molecule has 4 heteroatoms. The molecule has 2 aromatic heterocycles. The molecule has 0 amide bonds. The lowest BCUT2D eigenvalue weighted by Gasteiger charge is -2.19. The maximum Gasteiger partial charge on any atom is 0.115 e. The Balaban J connectivity index is 2.38. The van der Waals surface area contributed by atoms with Gasteiger partial charge in [0.05, 0.1) is 11.7 Å². The second kappa shape index (κ2) is 6.46. The van der Waals surface area contributed by atoms with Crippen molar-refractivity contribution < 1.29 is 0 Å². The minimum absolute atomic E-state index is 0.132. The number of nitrogens with zero attached hydrogens (tertiary/aromatic N) is 2. The molecule has 3 nitrogen and oxygen atoms in total. The van der Waals surface area contributed by atoms with Crippen molar-refractivity contribution in [2.75, 3.05) is 0 Å². The molecule has 1 atom stereocenters. The maximum absolute atomic E-state index is 4.81. The summed E-state index contributed by atoms with van der Waals surface area (Å²) in [4.78, 5) is 10.5. The van der Waals surface area contributed by atoms with Crippen LogP contribution < -0.4 is 5.32 Å². The Bertz CT molecular complexity index is 558. The molecule has 0 saturated carbocycles. The Hall–Kier alpha value is -1.26. The quantitative estimate of drug-likeness (QED) is 0.909. The van der Waals surface area contributed by atoms with Gasteiger partial charge in [-0.3, -0.25) is 4.98 Å². The number of aromatic nitrogens is 2. The summed E-state index contributed by atoms with van der Waals surface area (Å²) in [5, 5.41) is 4.74. The monoisotopic (exact) mass is 289 g/mol. The lowest BCUT2D eigenvalue weighted by atomic mass is 10.1. The molecule has 108 valence electrons. The highest BCUT2D eigenvalue weighted by molar-refractivity contribution is 7.11. The summed E-state index contributed by atoms with van der Waals surface area (Å²) in [6.45, 7) is 10.6. The molecule has 0 spiro atoms. The van der Waals surface area contributed by atoms with E-state index in [1.165, 1.54) is 16.1 Å². The van der Waals surface area contributed by atoms with Crippen LogP contribution in [0.5, 0.6) is 0 Å². The summed E-state index contributed by atoms with van der Waals surface area (Å²) in [5.41, 5.74) is 3.43. The van der Waals surface area contributed by atoms with Crippen molar-refractivity contribution in [3.05, 3.63) is 45.2 Å². The molecular weight excluding hydrogens is 266 g/mol. The second-order valence-electron chi connectivity index (χ2n) is 5.40. The zero-order valence-corrected chi connectivity index (χ0v) is 13.7. The number of nitrogens with one attached hydrogen (secondary N) is 1. The van der Waals surface area contributed by atoms with Crippen molar-refractivity contribution >= 4 is 11.3 Å². The maximum atomic E-state index is 4.81. The number of rotatable bonds is 5. The standard InChI is InChI=1S/C16H23N3S/c1-6-14-12(5)20-16(19-14)15(18-10(2)3)13-8-7-11(4)17-9-13/h7-10,15,18H,6H2,1-5H3. The largest absolute Gasteiger partial charge is 0.302 e. The molecule has 0 aliphatic carbocycles. The van der Waals surface area contributed by atoms with Gasteiger partial charge in [0.15, 0.2) is 0 Å². The highest BCUT2D eigenvalue weighted by Gasteiger charge is 2.20. The van der Waals surface area contributed by atoms with Gasteiger partial charge in [0.25, 0.3) is 0 Å². The number of aryl methyl sites for hydroxylation is 3. The summed E-state index contributed by atoms with van der Waals surface area (Å²) >= 11 is 1.79. The molecule has 2 rings (SSSR count). The van der Waals surface area contributed by atoms with Crippen LogP contribution in [0.25, 0.3) is 0 Å². The molecule has 0 aromatic carbocycles. The third kappa shape index (κ3) is 3.44. The van der Waals surface area contributed by atoms with Gasteiger partial charge in [-0.2, -0.15) is 0 Å². The van der Waals surface area contributed by atoms with Crippen molar-refractivity contribution in [1.29, 1.82) is 0 Å². The molecule has 0 radical (unpaired) electrons. The smallest absolute Gasteiger partial charge is 0.115 e. The molecule has 0 aliphatic heterocycles. The summed E-state index contributed by atoms with van der Waals surface area (Å²) in [6.07, 6.45) is 2.95. The van der Waals surface area contributed by atoms with Gasteiger partial charge in [-0.25, -0.2) is 4.98 Å². The van der Waals surface area contributed by atoms with Gasteiger partial charge in [0.1, 0.15) is 5.01 Å².